The van der Waals surface area contributed by atoms with Crippen molar-refractivity contribution >= 4 is 17.5 Å². The van der Waals surface area contributed by atoms with Crippen molar-refractivity contribution in [1.29, 1.82) is 0 Å². The molecule has 0 unspecified atom stereocenters. The van der Waals surface area contributed by atoms with Crippen LogP contribution in [0.1, 0.15) is 34.8 Å². The Morgan fingerprint density at radius 2 is 1.89 bits per heavy atom. The largest absolute Gasteiger partial charge is 0.434 e. The van der Waals surface area contributed by atoms with Gasteiger partial charge in [-0.3, -0.25) is 9.89 Å². The summed E-state index contributed by atoms with van der Waals surface area (Å²) in [5.74, 6) is -2.10. The van der Waals surface area contributed by atoms with Gasteiger partial charge in [0.15, 0.2) is 17.5 Å². The zero-order valence-electron chi connectivity index (χ0n) is 18.4. The van der Waals surface area contributed by atoms with Crippen LogP contribution in [0.4, 0.5) is 20.4 Å². The van der Waals surface area contributed by atoms with Gasteiger partial charge in [-0.2, -0.15) is 5.10 Å². The molecule has 5 rings (SSSR count). The first-order chi connectivity index (χ1) is 16.9. The van der Waals surface area contributed by atoms with Crippen LogP contribution in [0.5, 0.6) is 0 Å². The summed E-state index contributed by atoms with van der Waals surface area (Å²) in [6.45, 7) is 0.465. The third-order valence-corrected chi connectivity index (χ3v) is 6.16. The fourth-order valence-electron chi connectivity index (χ4n) is 4.36. The van der Waals surface area contributed by atoms with E-state index >= 15 is 0 Å². The highest BCUT2D eigenvalue weighted by Crippen LogP contribution is 2.37. The van der Waals surface area contributed by atoms with Crippen molar-refractivity contribution in [2.75, 3.05) is 18.4 Å². The van der Waals surface area contributed by atoms with Crippen LogP contribution in [0.3, 0.4) is 0 Å². The molecule has 4 aromatic rings. The number of benzene rings is 1. The summed E-state index contributed by atoms with van der Waals surface area (Å²) >= 11 is 0. The van der Waals surface area contributed by atoms with E-state index in [1.54, 1.807) is 18.3 Å². The van der Waals surface area contributed by atoms with Gasteiger partial charge in [0.1, 0.15) is 5.82 Å². The number of carbonyl (C=O) groups excluding carboxylic acids is 1. The van der Waals surface area contributed by atoms with E-state index < -0.39 is 28.7 Å². The third-order valence-electron chi connectivity index (χ3n) is 6.16. The molecule has 4 heterocycles. The number of halogens is 2. The second-order valence-corrected chi connectivity index (χ2v) is 8.37. The van der Waals surface area contributed by atoms with Crippen LogP contribution >= 0.6 is 0 Å². The van der Waals surface area contributed by atoms with E-state index in [0.717, 1.165) is 6.07 Å². The molecular weight excluding hydrogens is 460 g/mol. The average molecular weight is 481 g/mol. The standard InChI is InChI=1S/C23H21F2N7O3/c24-16-5-2-4-15(19(16)25)20(33)32-11-8-23(9-12-32,21-30-31-22(34)35-21)13-14-3-1-6-17(27-14)28-18-7-10-26-29-18/h1-7,10H,8-9,11-13H2,(H,31,34)(H2,26,27,28,29). The Hall–Kier alpha value is -4.35. The number of carbonyl (C=O) groups is 1. The molecule has 0 radical (unpaired) electrons. The number of amides is 1. The molecule has 3 N–H and O–H groups in total. The van der Waals surface area contributed by atoms with Crippen molar-refractivity contribution in [1.82, 2.24) is 30.3 Å². The quantitative estimate of drug-likeness (QED) is 0.386. The summed E-state index contributed by atoms with van der Waals surface area (Å²) in [6.07, 6.45) is 2.82. The van der Waals surface area contributed by atoms with E-state index in [1.165, 1.54) is 17.0 Å². The van der Waals surface area contributed by atoms with Crippen molar-refractivity contribution in [3.63, 3.8) is 0 Å². The zero-order chi connectivity index (χ0) is 24.4. The third kappa shape index (κ3) is 4.54. The second kappa shape index (κ2) is 9.12. The molecule has 35 heavy (non-hydrogen) atoms. The Bertz CT molecular complexity index is 1390. The number of aromatic amines is 2. The Morgan fingerprint density at radius 1 is 1.09 bits per heavy atom. The fourth-order valence-corrected chi connectivity index (χ4v) is 4.36. The molecule has 10 nitrogen and oxygen atoms in total. The van der Waals surface area contributed by atoms with Gasteiger partial charge >= 0.3 is 5.76 Å². The van der Waals surface area contributed by atoms with Crippen LogP contribution in [0, 0.1) is 11.6 Å². The maximum atomic E-state index is 14.2. The van der Waals surface area contributed by atoms with E-state index in [0.29, 0.717) is 36.6 Å². The molecule has 0 saturated carbocycles. The van der Waals surface area contributed by atoms with Crippen molar-refractivity contribution in [2.45, 2.75) is 24.7 Å². The lowest BCUT2D eigenvalue weighted by molar-refractivity contribution is 0.0635. The Labute approximate surface area is 197 Å². The van der Waals surface area contributed by atoms with Crippen molar-refractivity contribution in [3.05, 3.63) is 88.0 Å². The van der Waals surface area contributed by atoms with Crippen LogP contribution < -0.4 is 11.1 Å². The molecule has 1 aliphatic rings. The van der Waals surface area contributed by atoms with E-state index in [9.17, 15) is 18.4 Å². The molecule has 0 atom stereocenters. The van der Waals surface area contributed by atoms with Gasteiger partial charge in [-0.15, -0.1) is 5.10 Å². The van der Waals surface area contributed by atoms with Gasteiger partial charge in [0.05, 0.1) is 11.0 Å². The van der Waals surface area contributed by atoms with Gasteiger partial charge < -0.3 is 14.6 Å². The second-order valence-electron chi connectivity index (χ2n) is 8.37. The first kappa shape index (κ1) is 22.4. The molecule has 0 aliphatic carbocycles. The highest BCUT2D eigenvalue weighted by atomic mass is 19.2. The van der Waals surface area contributed by atoms with E-state index in [4.69, 9.17) is 4.42 Å². The molecular formula is C23H21F2N7O3. The number of rotatable bonds is 6. The molecule has 0 bridgehead atoms. The normalized spacial score (nSPS) is 15.2. The summed E-state index contributed by atoms with van der Waals surface area (Å²) in [4.78, 5) is 30.7. The topological polar surface area (TPSA) is 133 Å². The molecule has 1 fully saturated rings. The van der Waals surface area contributed by atoms with Crippen LogP contribution in [0.15, 0.2) is 57.9 Å². The summed E-state index contributed by atoms with van der Waals surface area (Å²) < 4.78 is 33.1. The van der Waals surface area contributed by atoms with Gasteiger partial charge in [-0.1, -0.05) is 12.1 Å². The van der Waals surface area contributed by atoms with Crippen LogP contribution in [-0.2, 0) is 11.8 Å². The van der Waals surface area contributed by atoms with Gasteiger partial charge in [0.25, 0.3) is 5.91 Å². The van der Waals surface area contributed by atoms with Gasteiger partial charge in [0, 0.05) is 37.5 Å². The van der Waals surface area contributed by atoms with Gasteiger partial charge in [0.2, 0.25) is 5.89 Å². The lowest BCUT2D eigenvalue weighted by Crippen LogP contribution is -2.46. The van der Waals surface area contributed by atoms with Crippen molar-refractivity contribution < 1.29 is 18.0 Å². The molecule has 180 valence electrons. The molecule has 0 spiro atoms. The van der Waals surface area contributed by atoms with Gasteiger partial charge in [-0.05, 0) is 37.1 Å². The minimum absolute atomic E-state index is 0.221. The maximum Gasteiger partial charge on any atom is 0.434 e. The number of nitrogens with one attached hydrogen (secondary N) is 3. The van der Waals surface area contributed by atoms with Crippen LogP contribution in [0.25, 0.3) is 0 Å². The van der Waals surface area contributed by atoms with E-state index in [-0.39, 0.29) is 24.5 Å². The lowest BCUT2D eigenvalue weighted by atomic mass is 9.74. The SMILES string of the molecule is O=C(c1cccc(F)c1F)N1CCC(Cc2cccc(Nc3cc[nH]n3)n2)(c2n[nH]c(=O)o2)CC1. The molecule has 1 aliphatic heterocycles. The molecule has 3 aromatic heterocycles. The number of nitrogens with zero attached hydrogens (tertiary/aromatic N) is 4. The van der Waals surface area contributed by atoms with Crippen molar-refractivity contribution in [3.8, 4) is 0 Å². The summed E-state index contributed by atoms with van der Waals surface area (Å²) in [7, 11) is 0. The fraction of sp³-hybridized carbons (Fsp3) is 0.261. The molecule has 1 aromatic carbocycles. The Kier molecular flexibility index (Phi) is 5.85. The number of H-pyrrole nitrogens is 2. The number of hydrogen-bond donors (Lipinski definition) is 3. The minimum atomic E-state index is -1.17. The number of anilines is 2. The minimum Gasteiger partial charge on any atom is -0.392 e. The highest BCUT2D eigenvalue weighted by molar-refractivity contribution is 5.94. The number of hydrogen-bond acceptors (Lipinski definition) is 7. The van der Waals surface area contributed by atoms with Crippen LogP contribution in [0.2, 0.25) is 0 Å². The van der Waals surface area contributed by atoms with Crippen LogP contribution in [-0.4, -0.2) is 49.3 Å². The molecule has 1 saturated heterocycles. The predicted octanol–water partition coefficient (Wildman–Crippen LogP) is 2.92. The summed E-state index contributed by atoms with van der Waals surface area (Å²) in [5.41, 5.74) is -0.330. The van der Waals surface area contributed by atoms with Gasteiger partial charge in [-0.25, -0.2) is 23.7 Å². The monoisotopic (exact) mass is 481 g/mol. The number of likely N-dealkylation sites (tertiary alicyclic amines) is 1. The smallest absolute Gasteiger partial charge is 0.392 e. The van der Waals surface area contributed by atoms with E-state index in [2.05, 4.69) is 30.7 Å². The van der Waals surface area contributed by atoms with E-state index in [1.807, 2.05) is 12.1 Å². The van der Waals surface area contributed by atoms with Crippen molar-refractivity contribution in [2.24, 2.45) is 0 Å². The average Bonchev–Trinajstić information content (AvgIpc) is 3.53. The molecule has 1 amide bonds. The number of aromatic nitrogens is 5. The number of piperidine rings is 1. The molecule has 12 heteroatoms. The lowest BCUT2D eigenvalue weighted by Gasteiger charge is -2.39. The number of pyridine rings is 1. The first-order valence-electron chi connectivity index (χ1n) is 11.0. The highest BCUT2D eigenvalue weighted by Gasteiger charge is 2.42. The summed E-state index contributed by atoms with van der Waals surface area (Å²) in [5, 5.41) is 16.2. The zero-order valence-corrected chi connectivity index (χ0v) is 18.4. The summed E-state index contributed by atoms with van der Waals surface area (Å²) in [6, 6.07) is 10.8. The Morgan fingerprint density at radius 3 is 2.60 bits per heavy atom. The predicted molar refractivity (Wildman–Crippen MR) is 120 cm³/mol. The maximum absolute atomic E-state index is 14.2. The first-order valence-corrected chi connectivity index (χ1v) is 11.0. The Balaban J connectivity index is 1.38.